The van der Waals surface area contributed by atoms with E-state index in [9.17, 15) is 9.59 Å². The quantitative estimate of drug-likeness (QED) is 0.847. The number of nitrogens with zero attached hydrogens (tertiary/aromatic N) is 3. The molecule has 7 nitrogen and oxygen atoms in total. The first-order valence-corrected chi connectivity index (χ1v) is 10.8. The number of ether oxygens (including phenoxy) is 1. The van der Waals surface area contributed by atoms with E-state index < -0.39 is 0 Å². The number of rotatable bonds is 3. The number of carbonyl (C=O) groups excluding carboxylic acids is 2. The molecule has 3 atom stereocenters. The van der Waals surface area contributed by atoms with Crippen LogP contribution in [0.15, 0.2) is 17.6 Å². The molecule has 0 saturated carbocycles. The number of morpholine rings is 1. The smallest absolute Gasteiger partial charge is 0.270 e. The van der Waals surface area contributed by atoms with Gasteiger partial charge in [-0.3, -0.25) is 9.59 Å². The third kappa shape index (κ3) is 3.40. The Morgan fingerprint density at radius 3 is 2.89 bits per heavy atom. The molecule has 5 rings (SSSR count). The van der Waals surface area contributed by atoms with E-state index >= 15 is 0 Å². The van der Waals surface area contributed by atoms with Gasteiger partial charge in [0.2, 0.25) is 0 Å². The zero-order valence-corrected chi connectivity index (χ0v) is 16.5. The second-order valence-electron chi connectivity index (χ2n) is 7.94. The highest BCUT2D eigenvalue weighted by molar-refractivity contribution is 7.17. The number of nitrogens with one attached hydrogen (secondary N) is 1. The van der Waals surface area contributed by atoms with Gasteiger partial charge in [-0.05, 0) is 31.4 Å². The number of piperidine rings is 1. The maximum Gasteiger partial charge on any atom is 0.270 e. The standard InChI is InChI=1S/C20H24N4O3S/c25-19(22-14-7-13-1-2-23(10-13)11-14)17-8-15-16(12-28-18(15)9-21-17)20(26)24-3-5-27-6-4-24/h8-9,12-14H,1-7,10-11H2,(H,22,25)/t13-,14-/m1/s1. The van der Waals surface area contributed by atoms with Crippen molar-refractivity contribution in [3.05, 3.63) is 28.9 Å². The number of pyridine rings is 1. The van der Waals surface area contributed by atoms with Gasteiger partial charge in [-0.25, -0.2) is 4.98 Å². The number of thiophene rings is 1. The molecule has 8 heteroatoms. The van der Waals surface area contributed by atoms with Crippen molar-refractivity contribution in [1.82, 2.24) is 20.1 Å². The summed E-state index contributed by atoms with van der Waals surface area (Å²) in [6, 6.07) is 1.95. The van der Waals surface area contributed by atoms with Crippen molar-refractivity contribution >= 4 is 33.2 Å². The molecule has 3 fully saturated rings. The van der Waals surface area contributed by atoms with Gasteiger partial charge >= 0.3 is 0 Å². The largest absolute Gasteiger partial charge is 0.378 e. The Labute approximate surface area is 167 Å². The lowest BCUT2D eigenvalue weighted by Gasteiger charge is -2.30. The molecular formula is C20H24N4O3S. The predicted molar refractivity (Wildman–Crippen MR) is 107 cm³/mol. The predicted octanol–water partition coefficient (Wildman–Crippen LogP) is 1.59. The molecule has 2 amide bonds. The third-order valence-electron chi connectivity index (χ3n) is 6.02. The molecule has 2 aromatic rings. The molecular weight excluding hydrogens is 376 g/mol. The van der Waals surface area contributed by atoms with E-state index in [0.717, 1.165) is 29.6 Å². The van der Waals surface area contributed by atoms with Gasteiger partial charge in [-0.15, -0.1) is 11.3 Å². The molecule has 0 aliphatic carbocycles. The van der Waals surface area contributed by atoms with E-state index in [1.165, 1.54) is 24.3 Å². The van der Waals surface area contributed by atoms with E-state index in [-0.39, 0.29) is 17.9 Å². The van der Waals surface area contributed by atoms with Crippen molar-refractivity contribution in [1.29, 1.82) is 0 Å². The van der Waals surface area contributed by atoms with Gasteiger partial charge in [0.15, 0.2) is 0 Å². The summed E-state index contributed by atoms with van der Waals surface area (Å²) in [5.74, 6) is 0.554. The minimum atomic E-state index is -0.148. The Bertz CT molecular complexity index is 896. The van der Waals surface area contributed by atoms with E-state index in [0.29, 0.717) is 43.5 Å². The first-order valence-electron chi connectivity index (χ1n) is 9.95. The van der Waals surface area contributed by atoms with Crippen molar-refractivity contribution < 1.29 is 14.3 Å². The molecule has 5 heterocycles. The summed E-state index contributed by atoms with van der Waals surface area (Å²) in [6.45, 7) is 5.58. The fraction of sp³-hybridized carbons (Fsp3) is 0.550. The Hall–Kier alpha value is -2.03. The van der Waals surface area contributed by atoms with Crippen molar-refractivity contribution in [3.63, 3.8) is 0 Å². The SMILES string of the molecule is O=C(N[C@@H]1C[C@H]2CCN(C2)C1)c1cc2c(C(=O)N3CCOCC3)csc2cn1. The molecule has 0 radical (unpaired) electrons. The summed E-state index contributed by atoms with van der Waals surface area (Å²) in [4.78, 5) is 34.3. The highest BCUT2D eigenvalue weighted by atomic mass is 32.1. The molecule has 2 bridgehead atoms. The highest BCUT2D eigenvalue weighted by Gasteiger charge is 2.33. The number of hydrogen-bond donors (Lipinski definition) is 1. The highest BCUT2D eigenvalue weighted by Crippen LogP contribution is 2.29. The Morgan fingerprint density at radius 2 is 2.07 bits per heavy atom. The molecule has 1 unspecified atom stereocenters. The topological polar surface area (TPSA) is 74.8 Å². The fourth-order valence-corrected chi connectivity index (χ4v) is 5.47. The number of hydrogen-bond acceptors (Lipinski definition) is 6. The number of fused-ring (bicyclic) bond motifs is 3. The second-order valence-corrected chi connectivity index (χ2v) is 8.85. The number of carbonyl (C=O) groups is 2. The molecule has 3 saturated heterocycles. The molecule has 3 aliphatic rings. The van der Waals surface area contributed by atoms with Crippen LogP contribution < -0.4 is 5.32 Å². The van der Waals surface area contributed by atoms with E-state index in [1.54, 1.807) is 12.3 Å². The average molecular weight is 401 g/mol. The van der Waals surface area contributed by atoms with Gasteiger partial charge in [0.25, 0.3) is 11.8 Å². The minimum Gasteiger partial charge on any atom is -0.378 e. The average Bonchev–Trinajstić information content (AvgIpc) is 3.30. The summed E-state index contributed by atoms with van der Waals surface area (Å²) in [6.07, 6.45) is 3.99. The molecule has 2 aromatic heterocycles. The summed E-state index contributed by atoms with van der Waals surface area (Å²) in [5, 5.41) is 5.84. The maximum atomic E-state index is 12.9. The summed E-state index contributed by atoms with van der Waals surface area (Å²) >= 11 is 1.49. The Morgan fingerprint density at radius 1 is 1.21 bits per heavy atom. The van der Waals surface area contributed by atoms with Crippen LogP contribution in [0.2, 0.25) is 0 Å². The van der Waals surface area contributed by atoms with Gasteiger partial charge in [0.1, 0.15) is 5.69 Å². The monoisotopic (exact) mass is 400 g/mol. The zero-order valence-electron chi connectivity index (χ0n) is 15.7. The molecule has 3 aliphatic heterocycles. The lowest BCUT2D eigenvalue weighted by atomic mass is 9.97. The first-order chi connectivity index (χ1) is 13.7. The van der Waals surface area contributed by atoms with Gasteiger partial charge in [0.05, 0.1) is 23.5 Å². The molecule has 0 aromatic carbocycles. The molecule has 148 valence electrons. The van der Waals surface area contributed by atoms with Crippen LogP contribution in [-0.2, 0) is 4.74 Å². The third-order valence-corrected chi connectivity index (χ3v) is 6.96. The lowest BCUT2D eigenvalue weighted by molar-refractivity contribution is 0.0304. The van der Waals surface area contributed by atoms with Crippen LogP contribution in [0.25, 0.3) is 10.1 Å². The van der Waals surface area contributed by atoms with Crippen LogP contribution in [0.1, 0.15) is 33.7 Å². The van der Waals surface area contributed by atoms with E-state index in [1.807, 2.05) is 10.3 Å². The van der Waals surface area contributed by atoms with Crippen molar-refractivity contribution in [2.45, 2.75) is 18.9 Å². The maximum absolute atomic E-state index is 12.9. The number of amides is 2. The normalized spacial score (nSPS) is 27.1. The van der Waals surface area contributed by atoms with E-state index in [2.05, 4.69) is 15.2 Å². The fourth-order valence-electron chi connectivity index (χ4n) is 4.58. The first kappa shape index (κ1) is 18.0. The Kier molecular flexibility index (Phi) is 4.78. The van der Waals surface area contributed by atoms with E-state index in [4.69, 9.17) is 4.74 Å². The van der Waals surface area contributed by atoms with Gasteiger partial charge in [-0.1, -0.05) is 0 Å². The van der Waals surface area contributed by atoms with Crippen LogP contribution in [0.5, 0.6) is 0 Å². The molecule has 28 heavy (non-hydrogen) atoms. The van der Waals surface area contributed by atoms with Gasteiger partial charge < -0.3 is 19.9 Å². The summed E-state index contributed by atoms with van der Waals surface area (Å²) in [7, 11) is 0. The zero-order chi connectivity index (χ0) is 19.1. The van der Waals surface area contributed by atoms with Crippen LogP contribution in [0, 0.1) is 5.92 Å². The lowest BCUT2D eigenvalue weighted by Crippen LogP contribution is -2.47. The molecule has 1 N–H and O–H groups in total. The van der Waals surface area contributed by atoms with Crippen molar-refractivity contribution in [2.75, 3.05) is 45.9 Å². The second kappa shape index (κ2) is 7.42. The van der Waals surface area contributed by atoms with Crippen LogP contribution in [0.4, 0.5) is 0 Å². The number of aromatic nitrogens is 1. The van der Waals surface area contributed by atoms with Gasteiger partial charge in [0, 0.05) is 49.2 Å². The van der Waals surface area contributed by atoms with Crippen LogP contribution in [-0.4, -0.2) is 78.6 Å². The Balaban J connectivity index is 1.35. The summed E-state index contributed by atoms with van der Waals surface area (Å²) in [5.41, 5.74) is 1.04. The van der Waals surface area contributed by atoms with Gasteiger partial charge in [-0.2, -0.15) is 0 Å². The van der Waals surface area contributed by atoms with Crippen molar-refractivity contribution in [2.24, 2.45) is 5.92 Å². The minimum absolute atomic E-state index is 0.00349. The molecule has 0 spiro atoms. The van der Waals surface area contributed by atoms with Crippen LogP contribution >= 0.6 is 11.3 Å². The van der Waals surface area contributed by atoms with Crippen LogP contribution in [0.3, 0.4) is 0 Å². The van der Waals surface area contributed by atoms with Crippen molar-refractivity contribution in [3.8, 4) is 0 Å². The summed E-state index contributed by atoms with van der Waals surface area (Å²) < 4.78 is 6.27.